The largest absolute Gasteiger partial charge is 0.496 e. The highest BCUT2D eigenvalue weighted by atomic mass is 16.5. The average Bonchev–Trinajstić information content (AvgIpc) is 3.53. The van der Waals surface area contributed by atoms with Crippen molar-refractivity contribution in [3.63, 3.8) is 0 Å². The lowest BCUT2D eigenvalue weighted by atomic mass is 9.87. The van der Waals surface area contributed by atoms with Crippen molar-refractivity contribution >= 4 is 22.2 Å². The number of carbonyl (C=O) groups excluding carboxylic acids is 1. The Balaban J connectivity index is 1.35. The average molecular weight is 539 g/mol. The maximum atomic E-state index is 13.5. The number of hydrogen-bond donors (Lipinski definition) is 1. The van der Waals surface area contributed by atoms with Crippen LogP contribution < -0.4 is 9.47 Å². The van der Waals surface area contributed by atoms with Gasteiger partial charge in [0, 0.05) is 48.3 Å². The molecule has 0 bridgehead atoms. The second-order valence-electron chi connectivity index (χ2n) is 10.7. The maximum Gasteiger partial charge on any atom is 0.183 e. The van der Waals surface area contributed by atoms with Gasteiger partial charge in [0.2, 0.25) is 0 Å². The lowest BCUT2D eigenvalue weighted by Gasteiger charge is -2.24. The van der Waals surface area contributed by atoms with E-state index in [-0.39, 0.29) is 24.2 Å². The Bertz CT molecular complexity index is 1730. The van der Waals surface area contributed by atoms with Crippen molar-refractivity contribution in [2.24, 2.45) is 7.05 Å². The zero-order valence-corrected chi connectivity index (χ0v) is 23.3. The van der Waals surface area contributed by atoms with E-state index < -0.39 is 0 Å². The van der Waals surface area contributed by atoms with Crippen molar-refractivity contribution in [3.8, 4) is 22.8 Å². The van der Waals surface area contributed by atoms with Crippen molar-refractivity contribution in [2.75, 3.05) is 14.2 Å². The van der Waals surface area contributed by atoms with E-state index in [9.17, 15) is 9.90 Å². The first-order valence-corrected chi connectivity index (χ1v) is 13.7. The smallest absolute Gasteiger partial charge is 0.183 e. The van der Waals surface area contributed by atoms with Crippen LogP contribution in [0.2, 0.25) is 0 Å². The number of aryl methyl sites for hydroxylation is 2. The summed E-state index contributed by atoms with van der Waals surface area (Å²) in [4.78, 5) is 23.2. The highest BCUT2D eigenvalue weighted by molar-refractivity contribution is 6.02. The molecule has 1 saturated carbocycles. The fraction of sp³-hybridized carbons (Fsp3) is 0.344. The van der Waals surface area contributed by atoms with Crippen LogP contribution in [0.5, 0.6) is 11.5 Å². The number of benzene rings is 2. The van der Waals surface area contributed by atoms with E-state index in [1.165, 1.54) is 0 Å². The fourth-order valence-electron chi connectivity index (χ4n) is 6.12. The van der Waals surface area contributed by atoms with Crippen molar-refractivity contribution < 1.29 is 19.4 Å². The van der Waals surface area contributed by atoms with Gasteiger partial charge in [0.05, 0.1) is 48.4 Å². The van der Waals surface area contributed by atoms with Crippen LogP contribution in [0, 0.1) is 6.92 Å². The van der Waals surface area contributed by atoms with E-state index >= 15 is 0 Å². The van der Waals surface area contributed by atoms with E-state index in [0.29, 0.717) is 11.4 Å². The van der Waals surface area contributed by atoms with Gasteiger partial charge in [-0.1, -0.05) is 18.2 Å². The van der Waals surface area contributed by atoms with Crippen molar-refractivity contribution in [2.45, 2.75) is 51.0 Å². The molecule has 8 nitrogen and oxygen atoms in total. The molecule has 1 aliphatic carbocycles. The number of Topliss-reactive ketones (excluding diaryl/α,β-unsaturated/α-hetero) is 1. The van der Waals surface area contributed by atoms with Crippen LogP contribution in [0.3, 0.4) is 0 Å². The van der Waals surface area contributed by atoms with Crippen LogP contribution in [0.1, 0.15) is 59.2 Å². The first-order chi connectivity index (χ1) is 19.4. The van der Waals surface area contributed by atoms with Gasteiger partial charge in [0.1, 0.15) is 17.3 Å². The standard InChI is InChI=1S/C32H34N4O4/c1-19-31-30(34-32(36(31)15-14-33-19)20-10-12-23(37)13-11-20)22-9-8-21(29(17-22)40-4)16-27(38)26-18-24-25(35(26)2)6-5-7-28(24)39-3/h5-9,14-15,17-18,20,23,37H,10-13,16H2,1-4H3. The predicted octanol–water partition coefficient (Wildman–Crippen LogP) is 5.66. The molecule has 3 aromatic heterocycles. The third-order valence-electron chi connectivity index (χ3n) is 8.29. The molecule has 0 atom stereocenters. The summed E-state index contributed by atoms with van der Waals surface area (Å²) in [6.07, 6.45) is 7.17. The zero-order chi connectivity index (χ0) is 28.0. The molecule has 0 aliphatic heterocycles. The molecule has 3 heterocycles. The van der Waals surface area contributed by atoms with Gasteiger partial charge in [-0.05, 0) is 56.9 Å². The third kappa shape index (κ3) is 4.42. The van der Waals surface area contributed by atoms with Gasteiger partial charge in [-0.3, -0.25) is 14.2 Å². The molecule has 0 radical (unpaired) electrons. The fourth-order valence-corrected chi connectivity index (χ4v) is 6.12. The van der Waals surface area contributed by atoms with Crippen molar-refractivity contribution in [1.29, 1.82) is 0 Å². The number of carbonyl (C=O) groups is 1. The lowest BCUT2D eigenvalue weighted by molar-refractivity contribution is 0.0984. The molecule has 2 aromatic carbocycles. The third-order valence-corrected chi connectivity index (χ3v) is 8.29. The second kappa shape index (κ2) is 10.4. The summed E-state index contributed by atoms with van der Waals surface area (Å²) in [6.45, 7) is 2.00. The van der Waals surface area contributed by atoms with Crippen LogP contribution in [-0.4, -0.2) is 50.1 Å². The van der Waals surface area contributed by atoms with Crippen LogP contribution in [-0.2, 0) is 13.5 Å². The molecule has 8 heteroatoms. The van der Waals surface area contributed by atoms with Gasteiger partial charge in [0.15, 0.2) is 5.78 Å². The molecule has 6 rings (SSSR count). The number of fused-ring (bicyclic) bond motifs is 2. The van der Waals surface area contributed by atoms with E-state index in [1.807, 2.05) is 73.4 Å². The molecule has 0 amide bonds. The quantitative estimate of drug-likeness (QED) is 0.269. The van der Waals surface area contributed by atoms with Crippen LogP contribution in [0.15, 0.2) is 54.9 Å². The number of methoxy groups -OCH3 is 2. The molecule has 5 aromatic rings. The van der Waals surface area contributed by atoms with Crippen LogP contribution in [0.25, 0.3) is 27.7 Å². The zero-order valence-electron chi connectivity index (χ0n) is 23.3. The minimum absolute atomic E-state index is 0.000983. The maximum absolute atomic E-state index is 13.5. The molecule has 1 aliphatic rings. The number of aromatic nitrogens is 4. The summed E-state index contributed by atoms with van der Waals surface area (Å²) in [5.41, 5.74) is 6.02. The Morgan fingerprint density at radius 1 is 1.05 bits per heavy atom. The van der Waals surface area contributed by atoms with Gasteiger partial charge in [-0.25, -0.2) is 4.98 Å². The second-order valence-corrected chi connectivity index (χ2v) is 10.7. The van der Waals surface area contributed by atoms with Gasteiger partial charge >= 0.3 is 0 Å². The van der Waals surface area contributed by atoms with Crippen molar-refractivity contribution in [1.82, 2.24) is 18.9 Å². The highest BCUT2D eigenvalue weighted by Gasteiger charge is 2.27. The summed E-state index contributed by atoms with van der Waals surface area (Å²) in [6, 6.07) is 13.7. The Labute approximate surface area is 233 Å². The molecular weight excluding hydrogens is 504 g/mol. The summed E-state index contributed by atoms with van der Waals surface area (Å²) >= 11 is 0. The molecule has 1 N–H and O–H groups in total. The molecular formula is C32H34N4O4. The number of hydrogen-bond acceptors (Lipinski definition) is 6. The van der Waals surface area contributed by atoms with Gasteiger partial charge in [-0.2, -0.15) is 0 Å². The molecule has 0 saturated heterocycles. The summed E-state index contributed by atoms with van der Waals surface area (Å²) < 4.78 is 15.4. The number of rotatable bonds is 7. The minimum Gasteiger partial charge on any atom is -0.496 e. The summed E-state index contributed by atoms with van der Waals surface area (Å²) in [7, 11) is 5.17. The minimum atomic E-state index is -0.221. The van der Waals surface area contributed by atoms with Crippen molar-refractivity contribution in [3.05, 3.63) is 77.6 Å². The normalized spacial score (nSPS) is 17.4. The molecule has 0 unspecified atom stereocenters. The Morgan fingerprint density at radius 3 is 2.58 bits per heavy atom. The lowest BCUT2D eigenvalue weighted by Crippen LogP contribution is -2.18. The van der Waals surface area contributed by atoms with Gasteiger partial charge < -0.3 is 19.1 Å². The van der Waals surface area contributed by atoms with Gasteiger partial charge in [-0.15, -0.1) is 0 Å². The Kier molecular flexibility index (Phi) is 6.80. The number of nitrogens with zero attached hydrogens (tertiary/aromatic N) is 4. The Morgan fingerprint density at radius 2 is 1.82 bits per heavy atom. The summed E-state index contributed by atoms with van der Waals surface area (Å²) in [5, 5.41) is 10.9. The number of ketones is 1. The number of aliphatic hydroxyl groups excluding tert-OH is 1. The van der Waals surface area contributed by atoms with E-state index in [2.05, 4.69) is 9.38 Å². The monoisotopic (exact) mass is 538 g/mol. The van der Waals surface area contributed by atoms with E-state index in [4.69, 9.17) is 14.5 Å². The molecule has 40 heavy (non-hydrogen) atoms. The van der Waals surface area contributed by atoms with Crippen LogP contribution in [0.4, 0.5) is 0 Å². The molecule has 0 spiro atoms. The molecule has 1 fully saturated rings. The predicted molar refractivity (Wildman–Crippen MR) is 154 cm³/mol. The highest BCUT2D eigenvalue weighted by Crippen LogP contribution is 2.38. The number of imidazole rings is 1. The topological polar surface area (TPSA) is 90.9 Å². The van der Waals surface area contributed by atoms with E-state index in [1.54, 1.807) is 14.2 Å². The first-order valence-electron chi connectivity index (χ1n) is 13.7. The SMILES string of the molecule is COc1cc(-c2nc(C3CCC(O)CC3)n3ccnc(C)c23)ccc1CC(=O)c1cc2c(OC)cccc2n1C. The van der Waals surface area contributed by atoms with Gasteiger partial charge in [0.25, 0.3) is 0 Å². The van der Waals surface area contributed by atoms with Crippen LogP contribution >= 0.6 is 0 Å². The number of ether oxygens (including phenoxy) is 2. The first kappa shape index (κ1) is 26.1. The number of aliphatic hydroxyl groups is 1. The summed E-state index contributed by atoms with van der Waals surface area (Å²) in [5.74, 6) is 2.68. The van der Waals surface area contributed by atoms with E-state index in [0.717, 1.165) is 76.2 Å². The Hall–Kier alpha value is -4.17. The molecule has 206 valence electrons.